The Balaban J connectivity index is 1.38. The molecular formula is C21H24N2O3. The number of likely N-dealkylation sites (tertiary alicyclic amines) is 1. The molecule has 0 spiro atoms. The zero-order valence-electron chi connectivity index (χ0n) is 14.9. The van der Waals surface area contributed by atoms with Crippen molar-refractivity contribution in [3.8, 4) is 0 Å². The third-order valence-electron chi connectivity index (χ3n) is 5.83. The van der Waals surface area contributed by atoms with E-state index in [1.165, 1.54) is 22.4 Å². The van der Waals surface area contributed by atoms with Crippen LogP contribution >= 0.6 is 0 Å². The minimum absolute atomic E-state index is 0.116. The van der Waals surface area contributed by atoms with Crippen molar-refractivity contribution in [2.45, 2.75) is 44.9 Å². The summed E-state index contributed by atoms with van der Waals surface area (Å²) in [6, 6.07) is 6.04. The molecule has 1 aromatic carbocycles. The van der Waals surface area contributed by atoms with Crippen LogP contribution in [-0.2, 0) is 27.2 Å². The number of rotatable bonds is 4. The van der Waals surface area contributed by atoms with Gasteiger partial charge in [0, 0.05) is 18.7 Å². The minimum atomic E-state index is -0.225. The fourth-order valence-electron chi connectivity index (χ4n) is 4.41. The van der Waals surface area contributed by atoms with E-state index in [0.29, 0.717) is 12.8 Å². The Morgan fingerprint density at radius 3 is 2.46 bits per heavy atom. The minimum Gasteiger partial charge on any atom is -0.326 e. The summed E-state index contributed by atoms with van der Waals surface area (Å²) >= 11 is 0. The van der Waals surface area contributed by atoms with Gasteiger partial charge in [0.25, 0.3) is 0 Å². The molecule has 136 valence electrons. The van der Waals surface area contributed by atoms with Crippen LogP contribution in [0.15, 0.2) is 30.4 Å². The third kappa shape index (κ3) is 3.06. The molecule has 0 bridgehead atoms. The van der Waals surface area contributed by atoms with Gasteiger partial charge in [-0.25, -0.2) is 0 Å². The standard InChI is InChI=1S/C21H24N2O3/c24-19(22-18-11-5-7-14-6-1-2-8-15(14)18)12-13-23-20(25)16-9-3-4-10-17(16)21(23)26/h3-5,7,11,16-17H,1-2,6,8-10,12-13H2,(H,22,24)/t16-,17-/m0/s1. The number of anilines is 1. The molecule has 1 aliphatic heterocycles. The fourth-order valence-corrected chi connectivity index (χ4v) is 4.41. The van der Waals surface area contributed by atoms with Crippen LogP contribution in [0.5, 0.6) is 0 Å². The number of nitrogens with zero attached hydrogens (tertiary/aromatic N) is 1. The van der Waals surface area contributed by atoms with Crippen LogP contribution in [0.25, 0.3) is 0 Å². The molecule has 26 heavy (non-hydrogen) atoms. The Kier molecular flexibility index (Phi) is 4.62. The van der Waals surface area contributed by atoms with E-state index in [2.05, 4.69) is 11.4 Å². The Hall–Kier alpha value is -2.43. The molecule has 1 aromatic rings. The van der Waals surface area contributed by atoms with Gasteiger partial charge in [-0.05, 0) is 55.7 Å². The molecule has 5 heteroatoms. The van der Waals surface area contributed by atoms with Gasteiger partial charge in [-0.2, -0.15) is 0 Å². The SMILES string of the molecule is O=C(CCN1C(=O)[C@H]2CC=CC[C@@H]2C1=O)Nc1cccc2c1CCCC2. The van der Waals surface area contributed by atoms with Crippen LogP contribution in [-0.4, -0.2) is 29.2 Å². The number of benzene rings is 1. The maximum absolute atomic E-state index is 12.5. The van der Waals surface area contributed by atoms with E-state index in [1.807, 2.05) is 24.3 Å². The average molecular weight is 352 g/mol. The first-order valence-electron chi connectivity index (χ1n) is 9.56. The van der Waals surface area contributed by atoms with Gasteiger partial charge in [0.1, 0.15) is 0 Å². The monoisotopic (exact) mass is 352 g/mol. The number of hydrogen-bond donors (Lipinski definition) is 1. The number of nitrogens with one attached hydrogen (secondary N) is 1. The summed E-state index contributed by atoms with van der Waals surface area (Å²) in [4.78, 5) is 38.6. The number of carbonyl (C=O) groups excluding carboxylic acids is 3. The lowest BCUT2D eigenvalue weighted by Gasteiger charge is -2.20. The Morgan fingerprint density at radius 2 is 1.73 bits per heavy atom. The molecule has 4 rings (SSSR count). The molecule has 0 radical (unpaired) electrons. The highest BCUT2D eigenvalue weighted by molar-refractivity contribution is 6.05. The zero-order chi connectivity index (χ0) is 18.1. The van der Waals surface area contributed by atoms with E-state index in [-0.39, 0.29) is 42.5 Å². The predicted octanol–water partition coefficient (Wildman–Crippen LogP) is 2.85. The molecule has 0 unspecified atom stereocenters. The lowest BCUT2D eigenvalue weighted by atomic mass is 9.85. The van der Waals surface area contributed by atoms with Crippen LogP contribution in [0, 0.1) is 11.8 Å². The second kappa shape index (κ2) is 7.06. The maximum atomic E-state index is 12.5. The van der Waals surface area contributed by atoms with E-state index in [9.17, 15) is 14.4 Å². The van der Waals surface area contributed by atoms with Gasteiger partial charge >= 0.3 is 0 Å². The predicted molar refractivity (Wildman–Crippen MR) is 98.4 cm³/mol. The molecule has 3 amide bonds. The Morgan fingerprint density at radius 1 is 1.04 bits per heavy atom. The lowest BCUT2D eigenvalue weighted by molar-refractivity contribution is -0.140. The Bertz CT molecular complexity index is 757. The zero-order valence-corrected chi connectivity index (χ0v) is 14.9. The van der Waals surface area contributed by atoms with E-state index in [1.54, 1.807) is 0 Å². The van der Waals surface area contributed by atoms with Crippen molar-refractivity contribution >= 4 is 23.4 Å². The summed E-state index contributed by atoms with van der Waals surface area (Å²) in [6.45, 7) is 0.172. The van der Waals surface area contributed by atoms with Crippen molar-refractivity contribution < 1.29 is 14.4 Å². The second-order valence-corrected chi connectivity index (χ2v) is 7.43. The van der Waals surface area contributed by atoms with Crippen LogP contribution in [0.1, 0.15) is 43.2 Å². The quantitative estimate of drug-likeness (QED) is 0.669. The summed E-state index contributed by atoms with van der Waals surface area (Å²) < 4.78 is 0. The number of amides is 3. The van der Waals surface area contributed by atoms with Gasteiger partial charge in [0.15, 0.2) is 0 Å². The number of fused-ring (bicyclic) bond motifs is 2. The fraction of sp³-hybridized carbons (Fsp3) is 0.476. The molecule has 5 nitrogen and oxygen atoms in total. The van der Waals surface area contributed by atoms with Gasteiger partial charge in [0.2, 0.25) is 17.7 Å². The van der Waals surface area contributed by atoms with Crippen LogP contribution < -0.4 is 5.32 Å². The highest BCUT2D eigenvalue weighted by atomic mass is 16.2. The van der Waals surface area contributed by atoms with Crippen LogP contribution in [0.4, 0.5) is 5.69 Å². The molecule has 1 fully saturated rings. The molecule has 3 aliphatic rings. The van der Waals surface area contributed by atoms with E-state index >= 15 is 0 Å². The summed E-state index contributed by atoms with van der Waals surface area (Å²) in [7, 11) is 0. The first-order chi connectivity index (χ1) is 12.6. The highest BCUT2D eigenvalue weighted by Crippen LogP contribution is 2.35. The van der Waals surface area contributed by atoms with Gasteiger partial charge in [0.05, 0.1) is 11.8 Å². The second-order valence-electron chi connectivity index (χ2n) is 7.43. The van der Waals surface area contributed by atoms with Crippen molar-refractivity contribution in [2.75, 3.05) is 11.9 Å². The number of hydrogen-bond acceptors (Lipinski definition) is 3. The highest BCUT2D eigenvalue weighted by Gasteiger charge is 2.46. The average Bonchev–Trinajstić information content (AvgIpc) is 2.91. The van der Waals surface area contributed by atoms with Gasteiger partial charge in [-0.3, -0.25) is 19.3 Å². The molecular weight excluding hydrogens is 328 g/mol. The van der Waals surface area contributed by atoms with E-state index in [0.717, 1.165) is 24.9 Å². The molecule has 0 saturated carbocycles. The molecule has 1 heterocycles. The Labute approximate surface area is 153 Å². The van der Waals surface area contributed by atoms with Crippen molar-refractivity contribution in [1.29, 1.82) is 0 Å². The van der Waals surface area contributed by atoms with Gasteiger partial charge in [-0.15, -0.1) is 0 Å². The number of carbonyl (C=O) groups is 3. The van der Waals surface area contributed by atoms with E-state index < -0.39 is 0 Å². The van der Waals surface area contributed by atoms with Gasteiger partial charge < -0.3 is 5.32 Å². The first-order valence-corrected chi connectivity index (χ1v) is 9.56. The largest absolute Gasteiger partial charge is 0.326 e. The van der Waals surface area contributed by atoms with Crippen molar-refractivity contribution in [1.82, 2.24) is 4.90 Å². The number of aryl methyl sites for hydroxylation is 1. The smallest absolute Gasteiger partial charge is 0.233 e. The summed E-state index contributed by atoms with van der Waals surface area (Å²) in [6.07, 6.45) is 9.75. The topological polar surface area (TPSA) is 66.5 Å². The maximum Gasteiger partial charge on any atom is 0.233 e. The number of imide groups is 1. The molecule has 2 aliphatic carbocycles. The summed E-state index contributed by atoms with van der Waals surface area (Å²) in [5.41, 5.74) is 3.43. The van der Waals surface area contributed by atoms with Crippen molar-refractivity contribution in [2.24, 2.45) is 11.8 Å². The van der Waals surface area contributed by atoms with Crippen molar-refractivity contribution in [3.05, 3.63) is 41.5 Å². The lowest BCUT2D eigenvalue weighted by Crippen LogP contribution is -2.34. The first kappa shape index (κ1) is 17.0. The molecule has 1 saturated heterocycles. The van der Waals surface area contributed by atoms with Crippen LogP contribution in [0.2, 0.25) is 0 Å². The summed E-state index contributed by atoms with van der Waals surface area (Å²) in [5, 5.41) is 2.99. The third-order valence-corrected chi connectivity index (χ3v) is 5.83. The van der Waals surface area contributed by atoms with E-state index in [4.69, 9.17) is 0 Å². The van der Waals surface area contributed by atoms with Gasteiger partial charge in [-0.1, -0.05) is 24.3 Å². The molecule has 1 N–H and O–H groups in total. The van der Waals surface area contributed by atoms with Crippen LogP contribution in [0.3, 0.4) is 0 Å². The van der Waals surface area contributed by atoms with Crippen molar-refractivity contribution in [3.63, 3.8) is 0 Å². The normalized spacial score (nSPS) is 24.4. The molecule has 2 atom stereocenters. The summed E-state index contributed by atoms with van der Waals surface area (Å²) in [5.74, 6) is -0.825. The molecule has 0 aromatic heterocycles. The number of allylic oxidation sites excluding steroid dienone is 2.